The second-order valence-corrected chi connectivity index (χ2v) is 9.86. The van der Waals surface area contributed by atoms with Gasteiger partial charge in [-0.1, -0.05) is 54.6 Å². The molecule has 2 aromatic carbocycles. The van der Waals surface area contributed by atoms with Gasteiger partial charge in [0.15, 0.2) is 5.82 Å². The van der Waals surface area contributed by atoms with Crippen molar-refractivity contribution in [2.45, 2.75) is 44.8 Å². The van der Waals surface area contributed by atoms with E-state index in [1.165, 1.54) is 0 Å². The summed E-state index contributed by atoms with van der Waals surface area (Å²) in [5.41, 5.74) is 9.25. The predicted molar refractivity (Wildman–Crippen MR) is 144 cm³/mol. The number of hydrogen-bond donors (Lipinski definition) is 3. The van der Waals surface area contributed by atoms with E-state index >= 15 is 0 Å². The first-order valence-electron chi connectivity index (χ1n) is 12.4. The summed E-state index contributed by atoms with van der Waals surface area (Å²) in [5.74, 6) is 1.21. The van der Waals surface area contributed by atoms with Crippen molar-refractivity contribution in [2.24, 2.45) is 5.73 Å². The number of nitrogens with zero attached hydrogens (tertiary/aromatic N) is 4. The Balaban J connectivity index is 1.57. The van der Waals surface area contributed by atoms with Crippen LogP contribution in [-0.2, 0) is 24.2 Å². The molecule has 0 fully saturated rings. The lowest BCUT2D eigenvalue weighted by Gasteiger charge is -2.24. The average Bonchev–Trinajstić information content (AvgIpc) is 3.48. The molecule has 0 bridgehead atoms. The first-order chi connectivity index (χ1) is 17.9. The van der Waals surface area contributed by atoms with Crippen LogP contribution in [0, 0.1) is 0 Å². The van der Waals surface area contributed by atoms with Crippen molar-refractivity contribution in [1.29, 1.82) is 0 Å². The van der Waals surface area contributed by atoms with Gasteiger partial charge in [-0.05, 0) is 43.2 Å². The van der Waals surface area contributed by atoms with Crippen molar-refractivity contribution in [1.82, 2.24) is 30.0 Å². The largest absolute Gasteiger partial charge is 0.361 e. The Morgan fingerprint density at radius 3 is 2.54 bits per heavy atom. The minimum Gasteiger partial charge on any atom is -0.361 e. The van der Waals surface area contributed by atoms with Crippen molar-refractivity contribution >= 4 is 16.8 Å². The van der Waals surface area contributed by atoms with E-state index in [0.29, 0.717) is 25.2 Å². The molecule has 0 spiro atoms. The number of nitrogens with one attached hydrogen (secondary N) is 2. The molecule has 3 heterocycles. The number of H-pyrrole nitrogens is 1. The summed E-state index contributed by atoms with van der Waals surface area (Å²) >= 11 is 0. The number of carbonyl (C=O) groups is 1. The zero-order chi connectivity index (χ0) is 25.8. The molecule has 0 saturated heterocycles. The molecule has 188 valence electrons. The molecule has 0 saturated carbocycles. The summed E-state index contributed by atoms with van der Waals surface area (Å²) in [6, 6.07) is 23.7. The zero-order valence-corrected chi connectivity index (χ0v) is 21.1. The second kappa shape index (κ2) is 10.4. The monoisotopic (exact) mass is 493 g/mol. The van der Waals surface area contributed by atoms with Crippen LogP contribution < -0.4 is 11.1 Å². The summed E-state index contributed by atoms with van der Waals surface area (Å²) in [5, 5.41) is 13.5. The van der Waals surface area contributed by atoms with Crippen LogP contribution >= 0.6 is 0 Å². The number of aromatic nitrogens is 5. The molecule has 8 nitrogen and oxygen atoms in total. The van der Waals surface area contributed by atoms with Gasteiger partial charge >= 0.3 is 0 Å². The SMILES string of the molecule is CC(C)(N)C(=O)N[C@H](Cc1c[nH]c2ccccc12)c1nnc(Cc2ccccc2)n1Cc1ccccn1. The molecule has 5 aromatic rings. The highest BCUT2D eigenvalue weighted by atomic mass is 16.2. The Morgan fingerprint density at radius 2 is 1.78 bits per heavy atom. The number of fused-ring (bicyclic) bond motifs is 1. The van der Waals surface area contributed by atoms with Gasteiger partial charge in [-0.15, -0.1) is 10.2 Å². The van der Waals surface area contributed by atoms with Gasteiger partial charge in [0.25, 0.3) is 0 Å². The fourth-order valence-corrected chi connectivity index (χ4v) is 4.41. The van der Waals surface area contributed by atoms with Crippen molar-refractivity contribution in [2.75, 3.05) is 0 Å². The highest BCUT2D eigenvalue weighted by molar-refractivity contribution is 5.86. The molecule has 5 rings (SSSR count). The van der Waals surface area contributed by atoms with E-state index in [-0.39, 0.29) is 5.91 Å². The van der Waals surface area contributed by atoms with E-state index < -0.39 is 11.6 Å². The van der Waals surface area contributed by atoms with Crippen LogP contribution in [-0.4, -0.2) is 36.2 Å². The molecule has 0 aliphatic carbocycles. The standard InChI is InChI=1S/C29H31N7O/c1-29(2,30)28(37)33-25(17-21-18-32-24-14-7-6-13-23(21)24)27-35-34-26(16-20-10-4-3-5-11-20)36(27)19-22-12-8-9-15-31-22/h3-15,18,25,32H,16-17,19,30H2,1-2H3,(H,33,37)/t25-/m1/s1. The molecule has 0 aliphatic rings. The van der Waals surface area contributed by atoms with Crippen LogP contribution in [0.3, 0.4) is 0 Å². The van der Waals surface area contributed by atoms with Crippen LogP contribution in [0.15, 0.2) is 85.2 Å². The molecule has 1 amide bonds. The maximum atomic E-state index is 13.1. The molecule has 8 heteroatoms. The van der Waals surface area contributed by atoms with Gasteiger partial charge in [0, 0.05) is 36.1 Å². The Morgan fingerprint density at radius 1 is 1.03 bits per heavy atom. The summed E-state index contributed by atoms with van der Waals surface area (Å²) in [7, 11) is 0. The molecule has 0 unspecified atom stereocenters. The maximum absolute atomic E-state index is 13.1. The summed E-state index contributed by atoms with van der Waals surface area (Å²) in [6.07, 6.45) is 4.90. The molecule has 4 N–H and O–H groups in total. The number of nitrogens with two attached hydrogens (primary N) is 1. The molecule has 0 radical (unpaired) electrons. The van der Waals surface area contributed by atoms with Gasteiger partial charge in [0.2, 0.25) is 5.91 Å². The van der Waals surface area contributed by atoms with Crippen molar-refractivity contribution in [3.05, 3.63) is 114 Å². The Kier molecular flexibility index (Phi) is 6.83. The third-order valence-electron chi connectivity index (χ3n) is 6.41. The summed E-state index contributed by atoms with van der Waals surface area (Å²) < 4.78 is 2.07. The number of rotatable bonds is 9. The van der Waals surface area contributed by atoms with Gasteiger partial charge < -0.3 is 20.6 Å². The number of carbonyl (C=O) groups excluding carboxylic acids is 1. The van der Waals surface area contributed by atoms with E-state index in [1.54, 1.807) is 20.0 Å². The van der Waals surface area contributed by atoms with Crippen LogP contribution in [0.1, 0.15) is 48.4 Å². The predicted octanol–water partition coefficient (Wildman–Crippen LogP) is 3.93. The molecule has 37 heavy (non-hydrogen) atoms. The fraction of sp³-hybridized carbons (Fsp3) is 0.241. The number of benzene rings is 2. The van der Waals surface area contributed by atoms with Gasteiger partial charge in [-0.2, -0.15) is 0 Å². The minimum absolute atomic E-state index is 0.255. The molecule has 1 atom stereocenters. The quantitative estimate of drug-likeness (QED) is 0.288. The van der Waals surface area contributed by atoms with E-state index in [2.05, 4.69) is 48.2 Å². The molecular formula is C29H31N7O. The maximum Gasteiger partial charge on any atom is 0.240 e. The fourth-order valence-electron chi connectivity index (χ4n) is 4.41. The number of pyridine rings is 1. The van der Waals surface area contributed by atoms with Crippen LogP contribution in [0.2, 0.25) is 0 Å². The second-order valence-electron chi connectivity index (χ2n) is 9.86. The number of aromatic amines is 1. The van der Waals surface area contributed by atoms with E-state index in [9.17, 15) is 4.79 Å². The lowest BCUT2D eigenvalue weighted by Crippen LogP contribution is -2.50. The van der Waals surface area contributed by atoms with Gasteiger partial charge in [-0.25, -0.2) is 0 Å². The lowest BCUT2D eigenvalue weighted by molar-refractivity contribution is -0.126. The van der Waals surface area contributed by atoms with E-state index in [4.69, 9.17) is 5.73 Å². The van der Waals surface area contributed by atoms with Crippen molar-refractivity contribution < 1.29 is 4.79 Å². The third-order valence-corrected chi connectivity index (χ3v) is 6.41. The first kappa shape index (κ1) is 24.4. The number of hydrogen-bond acceptors (Lipinski definition) is 5. The summed E-state index contributed by atoms with van der Waals surface area (Å²) in [4.78, 5) is 21.0. The smallest absolute Gasteiger partial charge is 0.240 e. The normalized spacial score (nSPS) is 12.5. The number of amides is 1. The summed E-state index contributed by atoms with van der Waals surface area (Å²) in [6.45, 7) is 3.88. The van der Waals surface area contributed by atoms with Crippen molar-refractivity contribution in [3.8, 4) is 0 Å². The average molecular weight is 494 g/mol. The topological polar surface area (TPSA) is 115 Å². The lowest BCUT2D eigenvalue weighted by atomic mass is 10.0. The van der Waals surface area contributed by atoms with E-state index in [0.717, 1.165) is 33.5 Å². The van der Waals surface area contributed by atoms with Gasteiger partial charge in [-0.3, -0.25) is 9.78 Å². The minimum atomic E-state index is -1.04. The van der Waals surface area contributed by atoms with Gasteiger partial charge in [0.1, 0.15) is 5.82 Å². The highest BCUT2D eigenvalue weighted by Gasteiger charge is 2.29. The van der Waals surface area contributed by atoms with Crippen LogP contribution in [0.4, 0.5) is 0 Å². The Labute approximate surface area is 216 Å². The first-order valence-corrected chi connectivity index (χ1v) is 12.4. The number of para-hydroxylation sites is 1. The van der Waals surface area contributed by atoms with Gasteiger partial charge in [0.05, 0.1) is 23.8 Å². The molecular weight excluding hydrogens is 462 g/mol. The Hall–Kier alpha value is -4.30. The zero-order valence-electron chi connectivity index (χ0n) is 21.1. The molecule has 3 aromatic heterocycles. The van der Waals surface area contributed by atoms with Crippen LogP contribution in [0.25, 0.3) is 10.9 Å². The third kappa shape index (κ3) is 5.59. The van der Waals surface area contributed by atoms with Crippen molar-refractivity contribution in [3.63, 3.8) is 0 Å². The Bertz CT molecular complexity index is 1480. The molecule has 0 aliphatic heterocycles. The van der Waals surface area contributed by atoms with E-state index in [1.807, 2.05) is 60.8 Å². The highest BCUT2D eigenvalue weighted by Crippen LogP contribution is 2.26. The van der Waals surface area contributed by atoms with Crippen LogP contribution in [0.5, 0.6) is 0 Å².